The third-order valence-electron chi connectivity index (χ3n) is 2.29. The molecule has 17 heavy (non-hydrogen) atoms. The molecule has 0 saturated heterocycles. The summed E-state index contributed by atoms with van der Waals surface area (Å²) < 4.78 is 0. The van der Waals surface area contributed by atoms with Gasteiger partial charge in [-0.2, -0.15) is 0 Å². The third-order valence-corrected chi connectivity index (χ3v) is 2.29. The lowest BCUT2D eigenvalue weighted by atomic mass is 10.2. The standard InChI is InChI=1S/C13H15N3O/c1-9(2)15-13(17)16-12-7-10-5-3-4-6-11(10)8-14-12/h3-9H,1-2H3,(H2,14,15,16,17). The van der Waals surface area contributed by atoms with Crippen LogP contribution in [0, 0.1) is 0 Å². The van der Waals surface area contributed by atoms with E-state index in [0.29, 0.717) is 5.82 Å². The van der Waals surface area contributed by atoms with Crippen molar-refractivity contribution in [3.8, 4) is 0 Å². The average Bonchev–Trinajstić information content (AvgIpc) is 2.27. The Morgan fingerprint density at radius 2 is 1.94 bits per heavy atom. The molecule has 0 spiro atoms. The van der Waals surface area contributed by atoms with Crippen LogP contribution in [0.3, 0.4) is 0 Å². The van der Waals surface area contributed by atoms with Crippen molar-refractivity contribution in [3.05, 3.63) is 36.5 Å². The number of anilines is 1. The second-order valence-electron chi connectivity index (χ2n) is 4.17. The zero-order valence-corrected chi connectivity index (χ0v) is 9.90. The normalized spacial score (nSPS) is 10.5. The smallest absolute Gasteiger partial charge is 0.320 e. The molecule has 2 rings (SSSR count). The first-order chi connectivity index (χ1) is 8.15. The average molecular weight is 229 g/mol. The number of carbonyl (C=O) groups is 1. The van der Waals surface area contributed by atoms with E-state index < -0.39 is 0 Å². The fourth-order valence-corrected chi connectivity index (χ4v) is 1.57. The highest BCUT2D eigenvalue weighted by Gasteiger charge is 2.04. The van der Waals surface area contributed by atoms with Gasteiger partial charge in [0.25, 0.3) is 0 Å². The molecule has 1 aromatic heterocycles. The minimum absolute atomic E-state index is 0.107. The third kappa shape index (κ3) is 2.93. The predicted octanol–water partition coefficient (Wildman–Crippen LogP) is 2.76. The molecule has 1 aromatic carbocycles. The van der Waals surface area contributed by atoms with Gasteiger partial charge < -0.3 is 5.32 Å². The Labute approximate surface area is 100 Å². The Bertz CT molecular complexity index is 537. The molecule has 0 saturated carbocycles. The molecular weight excluding hydrogens is 214 g/mol. The number of aromatic nitrogens is 1. The van der Waals surface area contributed by atoms with Gasteiger partial charge in [0.15, 0.2) is 0 Å². The molecule has 0 atom stereocenters. The van der Waals surface area contributed by atoms with Crippen molar-refractivity contribution in [2.45, 2.75) is 19.9 Å². The number of fused-ring (bicyclic) bond motifs is 1. The first-order valence-electron chi connectivity index (χ1n) is 5.57. The van der Waals surface area contributed by atoms with Gasteiger partial charge in [-0.1, -0.05) is 24.3 Å². The number of nitrogens with one attached hydrogen (secondary N) is 2. The van der Waals surface area contributed by atoms with Crippen molar-refractivity contribution in [1.29, 1.82) is 0 Å². The van der Waals surface area contributed by atoms with Crippen molar-refractivity contribution < 1.29 is 4.79 Å². The van der Waals surface area contributed by atoms with Crippen LogP contribution in [0.15, 0.2) is 36.5 Å². The van der Waals surface area contributed by atoms with Gasteiger partial charge in [0.1, 0.15) is 5.82 Å². The zero-order valence-electron chi connectivity index (χ0n) is 9.90. The van der Waals surface area contributed by atoms with Crippen molar-refractivity contribution in [1.82, 2.24) is 10.3 Å². The highest BCUT2D eigenvalue weighted by atomic mass is 16.2. The largest absolute Gasteiger partial charge is 0.336 e. The van der Waals surface area contributed by atoms with E-state index in [2.05, 4.69) is 15.6 Å². The lowest BCUT2D eigenvalue weighted by molar-refractivity contribution is 0.250. The van der Waals surface area contributed by atoms with Gasteiger partial charge in [-0.15, -0.1) is 0 Å². The minimum Gasteiger partial charge on any atom is -0.336 e. The molecule has 2 aromatic rings. The second-order valence-corrected chi connectivity index (χ2v) is 4.17. The number of benzene rings is 1. The van der Waals surface area contributed by atoms with E-state index in [1.165, 1.54) is 0 Å². The van der Waals surface area contributed by atoms with Gasteiger partial charge in [-0.3, -0.25) is 5.32 Å². The molecule has 4 nitrogen and oxygen atoms in total. The Morgan fingerprint density at radius 3 is 2.65 bits per heavy atom. The van der Waals surface area contributed by atoms with E-state index >= 15 is 0 Å². The predicted molar refractivity (Wildman–Crippen MR) is 69.0 cm³/mol. The first-order valence-corrected chi connectivity index (χ1v) is 5.57. The van der Waals surface area contributed by atoms with Gasteiger partial charge in [-0.25, -0.2) is 9.78 Å². The van der Waals surface area contributed by atoms with Crippen LogP contribution in [0.25, 0.3) is 10.8 Å². The Hall–Kier alpha value is -2.10. The van der Waals surface area contributed by atoms with Crippen LogP contribution >= 0.6 is 0 Å². The Balaban J connectivity index is 2.17. The van der Waals surface area contributed by atoms with Gasteiger partial charge >= 0.3 is 6.03 Å². The summed E-state index contributed by atoms with van der Waals surface area (Å²) in [5, 5.41) is 7.57. The number of hydrogen-bond donors (Lipinski definition) is 2. The number of carbonyl (C=O) groups excluding carboxylic acids is 1. The molecule has 0 bridgehead atoms. The van der Waals surface area contributed by atoms with Crippen molar-refractivity contribution in [2.75, 3.05) is 5.32 Å². The maximum atomic E-state index is 11.5. The van der Waals surface area contributed by atoms with E-state index in [0.717, 1.165) is 10.8 Å². The summed E-state index contributed by atoms with van der Waals surface area (Å²) in [6.07, 6.45) is 1.75. The van der Waals surface area contributed by atoms with Crippen LogP contribution in [0.2, 0.25) is 0 Å². The van der Waals surface area contributed by atoms with Crippen LogP contribution in [-0.4, -0.2) is 17.1 Å². The van der Waals surface area contributed by atoms with E-state index in [9.17, 15) is 4.79 Å². The fraction of sp³-hybridized carbons (Fsp3) is 0.231. The topological polar surface area (TPSA) is 54.0 Å². The van der Waals surface area contributed by atoms with Crippen LogP contribution in [0.5, 0.6) is 0 Å². The molecule has 2 amide bonds. The second kappa shape index (κ2) is 4.82. The number of rotatable bonds is 2. The van der Waals surface area contributed by atoms with Gasteiger partial charge in [0.05, 0.1) is 0 Å². The van der Waals surface area contributed by atoms with Crippen molar-refractivity contribution >= 4 is 22.6 Å². The van der Waals surface area contributed by atoms with Gasteiger partial charge in [0.2, 0.25) is 0 Å². The summed E-state index contributed by atoms with van der Waals surface area (Å²) in [5.74, 6) is 0.557. The molecule has 0 aliphatic carbocycles. The fourth-order valence-electron chi connectivity index (χ4n) is 1.57. The summed E-state index contributed by atoms with van der Waals surface area (Å²) in [6.45, 7) is 3.82. The molecular formula is C13H15N3O. The minimum atomic E-state index is -0.234. The van der Waals surface area contributed by atoms with Gasteiger partial charge in [0, 0.05) is 17.6 Å². The van der Waals surface area contributed by atoms with Crippen LogP contribution < -0.4 is 10.6 Å². The zero-order chi connectivity index (χ0) is 12.3. The van der Waals surface area contributed by atoms with Crippen LogP contribution in [0.1, 0.15) is 13.8 Å². The maximum Gasteiger partial charge on any atom is 0.320 e. The Kier molecular flexibility index (Phi) is 3.23. The SMILES string of the molecule is CC(C)NC(=O)Nc1cc2ccccc2cn1. The molecule has 0 aliphatic rings. The quantitative estimate of drug-likeness (QED) is 0.832. The van der Waals surface area contributed by atoms with E-state index in [-0.39, 0.29) is 12.1 Å². The van der Waals surface area contributed by atoms with E-state index in [1.807, 2.05) is 44.2 Å². The van der Waals surface area contributed by atoms with Gasteiger partial charge in [-0.05, 0) is 25.3 Å². The molecule has 88 valence electrons. The molecule has 1 heterocycles. The number of amides is 2. The van der Waals surface area contributed by atoms with Crippen LogP contribution in [-0.2, 0) is 0 Å². The maximum absolute atomic E-state index is 11.5. The lowest BCUT2D eigenvalue weighted by Gasteiger charge is -2.09. The number of pyridine rings is 1. The molecule has 0 fully saturated rings. The summed E-state index contributed by atoms with van der Waals surface area (Å²) in [4.78, 5) is 15.7. The van der Waals surface area contributed by atoms with E-state index in [4.69, 9.17) is 0 Å². The molecule has 0 radical (unpaired) electrons. The van der Waals surface area contributed by atoms with Crippen molar-refractivity contribution in [3.63, 3.8) is 0 Å². The summed E-state index contributed by atoms with van der Waals surface area (Å²) in [7, 11) is 0. The summed E-state index contributed by atoms with van der Waals surface area (Å²) in [5.41, 5.74) is 0. The first kappa shape index (κ1) is 11.4. The monoisotopic (exact) mass is 229 g/mol. The number of hydrogen-bond acceptors (Lipinski definition) is 2. The molecule has 0 aliphatic heterocycles. The molecule has 2 N–H and O–H groups in total. The van der Waals surface area contributed by atoms with E-state index in [1.54, 1.807) is 6.20 Å². The molecule has 0 unspecified atom stereocenters. The number of urea groups is 1. The lowest BCUT2D eigenvalue weighted by Crippen LogP contribution is -2.34. The Morgan fingerprint density at radius 1 is 1.24 bits per heavy atom. The number of nitrogens with zero attached hydrogens (tertiary/aromatic N) is 1. The highest BCUT2D eigenvalue weighted by molar-refractivity contribution is 5.91. The summed E-state index contributed by atoms with van der Waals surface area (Å²) >= 11 is 0. The molecule has 4 heteroatoms. The highest BCUT2D eigenvalue weighted by Crippen LogP contribution is 2.15. The van der Waals surface area contributed by atoms with Crippen molar-refractivity contribution in [2.24, 2.45) is 0 Å². The van der Waals surface area contributed by atoms with Crippen LogP contribution in [0.4, 0.5) is 10.6 Å². The summed E-state index contributed by atoms with van der Waals surface area (Å²) in [6, 6.07) is 9.62.